The van der Waals surface area contributed by atoms with Crippen molar-refractivity contribution in [2.75, 3.05) is 13.1 Å². The van der Waals surface area contributed by atoms with Gasteiger partial charge in [0, 0.05) is 18.5 Å². The highest BCUT2D eigenvalue weighted by atomic mass is 32.1. The van der Waals surface area contributed by atoms with E-state index in [4.69, 9.17) is 0 Å². The Morgan fingerprint density at radius 3 is 3.15 bits per heavy atom. The summed E-state index contributed by atoms with van der Waals surface area (Å²) in [5, 5.41) is 17.1. The Balaban J connectivity index is 1.59. The number of amides is 4. The number of thiophene rings is 1. The Morgan fingerprint density at radius 1 is 1.55 bits per heavy atom. The highest BCUT2D eigenvalue weighted by molar-refractivity contribution is 7.08. The molecule has 2 aromatic rings. The Kier molecular flexibility index (Phi) is 3.33. The van der Waals surface area contributed by atoms with Crippen LogP contribution in [0.1, 0.15) is 5.69 Å². The SMILES string of the molecule is O=C1NCCN1C(=O)NCc1cn(-c2ccsc2)nn1. The van der Waals surface area contributed by atoms with Gasteiger partial charge < -0.3 is 10.6 Å². The number of hydrogen-bond donors (Lipinski definition) is 2. The summed E-state index contributed by atoms with van der Waals surface area (Å²) in [7, 11) is 0. The van der Waals surface area contributed by atoms with Crippen molar-refractivity contribution in [1.82, 2.24) is 30.5 Å². The molecule has 3 rings (SSSR count). The number of carbonyl (C=O) groups is 2. The molecule has 1 fully saturated rings. The van der Waals surface area contributed by atoms with E-state index in [0.717, 1.165) is 10.6 Å². The van der Waals surface area contributed by atoms with E-state index < -0.39 is 6.03 Å². The van der Waals surface area contributed by atoms with Crippen molar-refractivity contribution in [3.8, 4) is 5.69 Å². The summed E-state index contributed by atoms with van der Waals surface area (Å²) >= 11 is 1.57. The van der Waals surface area contributed by atoms with Crippen molar-refractivity contribution in [3.05, 3.63) is 28.7 Å². The van der Waals surface area contributed by atoms with Gasteiger partial charge in [-0.2, -0.15) is 11.3 Å². The van der Waals surface area contributed by atoms with Gasteiger partial charge in [0.2, 0.25) is 0 Å². The third-order valence-corrected chi connectivity index (χ3v) is 3.50. The second-order valence-electron chi connectivity index (χ2n) is 4.18. The van der Waals surface area contributed by atoms with Gasteiger partial charge >= 0.3 is 12.1 Å². The van der Waals surface area contributed by atoms with Gasteiger partial charge in [0.1, 0.15) is 5.69 Å². The number of nitrogens with zero attached hydrogens (tertiary/aromatic N) is 4. The third kappa shape index (κ3) is 2.48. The quantitative estimate of drug-likeness (QED) is 0.864. The van der Waals surface area contributed by atoms with Crippen molar-refractivity contribution >= 4 is 23.4 Å². The molecule has 0 saturated carbocycles. The molecule has 0 atom stereocenters. The highest BCUT2D eigenvalue weighted by Gasteiger charge is 2.25. The molecule has 2 N–H and O–H groups in total. The fourth-order valence-electron chi connectivity index (χ4n) is 1.82. The third-order valence-electron chi connectivity index (χ3n) is 2.83. The van der Waals surface area contributed by atoms with Crippen molar-refractivity contribution in [1.29, 1.82) is 0 Å². The molecule has 3 heterocycles. The molecule has 0 bridgehead atoms. The number of imide groups is 1. The molecule has 9 heteroatoms. The van der Waals surface area contributed by atoms with Crippen LogP contribution in [0.4, 0.5) is 9.59 Å². The minimum atomic E-state index is -0.426. The van der Waals surface area contributed by atoms with E-state index in [1.54, 1.807) is 22.2 Å². The van der Waals surface area contributed by atoms with E-state index in [9.17, 15) is 9.59 Å². The maximum atomic E-state index is 11.8. The molecule has 0 unspecified atom stereocenters. The zero-order valence-electron chi connectivity index (χ0n) is 10.4. The molecule has 0 aliphatic carbocycles. The Morgan fingerprint density at radius 2 is 2.45 bits per heavy atom. The van der Waals surface area contributed by atoms with Gasteiger partial charge in [-0.15, -0.1) is 5.10 Å². The number of aromatic nitrogens is 3. The van der Waals surface area contributed by atoms with Crippen LogP contribution in [0, 0.1) is 0 Å². The summed E-state index contributed by atoms with van der Waals surface area (Å²) < 4.78 is 1.64. The fraction of sp³-hybridized carbons (Fsp3) is 0.273. The van der Waals surface area contributed by atoms with Crippen LogP contribution in [0.15, 0.2) is 23.0 Å². The Bertz CT molecular complexity index is 623. The average Bonchev–Trinajstić information content (AvgIpc) is 3.16. The molecule has 0 radical (unpaired) electrons. The molecule has 20 heavy (non-hydrogen) atoms. The molecule has 104 valence electrons. The number of carbonyl (C=O) groups excluding carboxylic acids is 2. The lowest BCUT2D eigenvalue weighted by atomic mass is 10.4. The van der Waals surface area contributed by atoms with Gasteiger partial charge in [-0.3, -0.25) is 0 Å². The Hall–Kier alpha value is -2.42. The van der Waals surface area contributed by atoms with E-state index in [0.29, 0.717) is 18.8 Å². The molecule has 1 saturated heterocycles. The summed E-state index contributed by atoms with van der Waals surface area (Å²) in [6, 6.07) is 1.13. The Labute approximate surface area is 118 Å². The van der Waals surface area contributed by atoms with Crippen molar-refractivity contribution in [3.63, 3.8) is 0 Å². The number of hydrogen-bond acceptors (Lipinski definition) is 5. The van der Waals surface area contributed by atoms with Crippen LogP contribution in [-0.4, -0.2) is 45.0 Å². The van der Waals surface area contributed by atoms with Crippen LogP contribution >= 0.6 is 11.3 Å². The molecule has 2 aromatic heterocycles. The standard InChI is InChI=1S/C11H12N6O2S/c18-10-12-2-3-16(10)11(19)13-5-8-6-17(15-14-8)9-1-4-20-7-9/h1,4,6-7H,2-3,5H2,(H,12,18)(H,13,19). The molecule has 4 amide bonds. The second kappa shape index (κ2) is 5.29. The minimum Gasteiger partial charge on any atom is -0.336 e. The zero-order valence-corrected chi connectivity index (χ0v) is 11.3. The predicted molar refractivity (Wildman–Crippen MR) is 71.6 cm³/mol. The van der Waals surface area contributed by atoms with E-state index in [2.05, 4.69) is 20.9 Å². The average molecular weight is 292 g/mol. The summed E-state index contributed by atoms with van der Waals surface area (Å²) in [5.41, 5.74) is 1.56. The predicted octanol–water partition coefficient (Wildman–Crippen LogP) is 0.564. The number of nitrogens with one attached hydrogen (secondary N) is 2. The smallest absolute Gasteiger partial charge is 0.325 e. The molecule has 1 aliphatic rings. The van der Waals surface area contributed by atoms with Crippen molar-refractivity contribution in [2.24, 2.45) is 0 Å². The van der Waals surface area contributed by atoms with Crippen LogP contribution < -0.4 is 10.6 Å². The van der Waals surface area contributed by atoms with Crippen LogP contribution in [0.5, 0.6) is 0 Å². The van der Waals surface area contributed by atoms with E-state index >= 15 is 0 Å². The molecule has 1 aliphatic heterocycles. The van der Waals surface area contributed by atoms with Crippen LogP contribution in [0.2, 0.25) is 0 Å². The monoisotopic (exact) mass is 292 g/mol. The zero-order chi connectivity index (χ0) is 13.9. The normalized spacial score (nSPS) is 14.4. The molecular formula is C11H12N6O2S. The van der Waals surface area contributed by atoms with Crippen LogP contribution in [0.25, 0.3) is 5.69 Å². The first-order valence-corrected chi connectivity index (χ1v) is 6.95. The number of rotatable bonds is 3. The molecular weight excluding hydrogens is 280 g/mol. The lowest BCUT2D eigenvalue weighted by molar-refractivity contribution is 0.198. The molecule has 8 nitrogen and oxygen atoms in total. The summed E-state index contributed by atoms with van der Waals surface area (Å²) in [6.07, 6.45) is 1.74. The van der Waals surface area contributed by atoms with Crippen LogP contribution in [0.3, 0.4) is 0 Å². The fourth-order valence-corrected chi connectivity index (χ4v) is 2.44. The first kappa shape index (κ1) is 12.6. The number of urea groups is 2. The van der Waals surface area contributed by atoms with Gasteiger partial charge in [-0.05, 0) is 11.4 Å². The van der Waals surface area contributed by atoms with Gasteiger partial charge in [0.05, 0.1) is 18.4 Å². The summed E-state index contributed by atoms with van der Waals surface area (Å²) in [6.45, 7) is 1.10. The lowest BCUT2D eigenvalue weighted by Gasteiger charge is -2.12. The van der Waals surface area contributed by atoms with Crippen molar-refractivity contribution < 1.29 is 9.59 Å². The van der Waals surface area contributed by atoms with Gasteiger partial charge in [-0.1, -0.05) is 5.21 Å². The van der Waals surface area contributed by atoms with Gasteiger partial charge in [-0.25, -0.2) is 19.2 Å². The largest absolute Gasteiger partial charge is 0.336 e. The van der Waals surface area contributed by atoms with Gasteiger partial charge in [0.15, 0.2) is 0 Å². The lowest BCUT2D eigenvalue weighted by Crippen LogP contribution is -2.41. The van der Waals surface area contributed by atoms with Crippen molar-refractivity contribution in [2.45, 2.75) is 6.54 Å². The van der Waals surface area contributed by atoms with Crippen LogP contribution in [-0.2, 0) is 6.54 Å². The maximum absolute atomic E-state index is 11.8. The highest BCUT2D eigenvalue weighted by Crippen LogP contribution is 2.10. The topological polar surface area (TPSA) is 92.2 Å². The first-order chi connectivity index (χ1) is 9.74. The second-order valence-corrected chi connectivity index (χ2v) is 4.96. The first-order valence-electron chi connectivity index (χ1n) is 6.01. The van der Waals surface area contributed by atoms with E-state index in [-0.39, 0.29) is 12.6 Å². The molecule has 0 aromatic carbocycles. The maximum Gasteiger partial charge on any atom is 0.325 e. The minimum absolute atomic E-state index is 0.229. The summed E-state index contributed by atoms with van der Waals surface area (Å²) in [5.74, 6) is 0. The van der Waals surface area contributed by atoms with E-state index in [1.807, 2.05) is 16.8 Å². The molecule has 0 spiro atoms. The van der Waals surface area contributed by atoms with Gasteiger partial charge in [0.25, 0.3) is 0 Å². The summed E-state index contributed by atoms with van der Waals surface area (Å²) in [4.78, 5) is 24.2. The van der Waals surface area contributed by atoms with E-state index in [1.165, 1.54) is 0 Å².